The molecule has 0 heterocycles. The predicted octanol–water partition coefficient (Wildman–Crippen LogP) is 5.23. The van der Waals surface area contributed by atoms with Crippen LogP contribution in [0.1, 0.15) is 31.8 Å². The van der Waals surface area contributed by atoms with Crippen LogP contribution in [0.5, 0.6) is 11.5 Å². The van der Waals surface area contributed by atoms with Crippen molar-refractivity contribution in [3.05, 3.63) is 119 Å². The van der Waals surface area contributed by atoms with Gasteiger partial charge in [0.2, 0.25) is 0 Å². The van der Waals surface area contributed by atoms with Gasteiger partial charge in [0.25, 0.3) is 0 Å². The molecule has 146 valence electrons. The third kappa shape index (κ3) is 3.98. The van der Waals surface area contributed by atoms with E-state index >= 15 is 0 Å². The van der Waals surface area contributed by atoms with Crippen molar-refractivity contribution in [2.45, 2.75) is 0 Å². The summed E-state index contributed by atoms with van der Waals surface area (Å²) in [6, 6.07) is 26.8. The van der Waals surface area contributed by atoms with Crippen molar-refractivity contribution < 1.29 is 19.8 Å². The molecule has 4 aromatic rings. The highest BCUT2D eigenvalue weighted by molar-refractivity contribution is 6.10. The van der Waals surface area contributed by atoms with Crippen LogP contribution in [0.3, 0.4) is 0 Å². The maximum Gasteiger partial charge on any atom is 0.193 e. The fourth-order valence-corrected chi connectivity index (χ4v) is 3.19. The highest BCUT2D eigenvalue weighted by Crippen LogP contribution is 2.23. The van der Waals surface area contributed by atoms with Gasteiger partial charge in [0.15, 0.2) is 11.6 Å². The van der Waals surface area contributed by atoms with Crippen LogP contribution in [0, 0.1) is 0 Å². The van der Waals surface area contributed by atoms with Gasteiger partial charge in [-0.3, -0.25) is 9.59 Å². The lowest BCUT2D eigenvalue weighted by Crippen LogP contribution is -2.01. The number of carbonyl (C=O) groups excluding carboxylic acids is 2. The maximum atomic E-state index is 12.5. The number of benzene rings is 4. The molecule has 0 amide bonds. The third-order valence-electron chi connectivity index (χ3n) is 4.89. The van der Waals surface area contributed by atoms with Gasteiger partial charge in [-0.05, 0) is 59.7 Å². The minimum Gasteiger partial charge on any atom is -0.508 e. The number of aromatic hydroxyl groups is 2. The largest absolute Gasteiger partial charge is 0.508 e. The van der Waals surface area contributed by atoms with E-state index in [1.54, 1.807) is 48.5 Å². The molecule has 4 aromatic carbocycles. The van der Waals surface area contributed by atoms with Crippen molar-refractivity contribution in [2.24, 2.45) is 0 Å². The highest BCUT2D eigenvalue weighted by atomic mass is 16.3. The molecule has 0 aliphatic carbocycles. The van der Waals surface area contributed by atoms with E-state index in [9.17, 15) is 19.8 Å². The van der Waals surface area contributed by atoms with Crippen LogP contribution in [0.4, 0.5) is 0 Å². The predicted molar refractivity (Wildman–Crippen MR) is 115 cm³/mol. The molecular formula is C26H18O4. The fraction of sp³-hybridized carbons (Fsp3) is 0. The number of phenolic OH excluding ortho intramolecular Hbond substituents is 2. The first-order valence-electron chi connectivity index (χ1n) is 9.39. The van der Waals surface area contributed by atoms with Gasteiger partial charge in [0, 0.05) is 22.3 Å². The minimum absolute atomic E-state index is 0.114. The Balaban J connectivity index is 1.52. The molecule has 0 atom stereocenters. The molecule has 0 spiro atoms. The molecule has 4 rings (SSSR count). The number of hydrogen-bond donors (Lipinski definition) is 2. The Hall–Kier alpha value is -4.18. The molecule has 0 aromatic heterocycles. The zero-order valence-electron chi connectivity index (χ0n) is 15.9. The normalized spacial score (nSPS) is 10.5. The van der Waals surface area contributed by atoms with Crippen LogP contribution >= 0.6 is 0 Å². The zero-order valence-corrected chi connectivity index (χ0v) is 15.9. The SMILES string of the molecule is O=C(c1ccc(O)cc1)c1ccc(-c2ccc(C(=O)c3ccc(O)cc3)cc2)cc1. The van der Waals surface area contributed by atoms with Gasteiger partial charge in [0.05, 0.1) is 0 Å². The average molecular weight is 394 g/mol. The smallest absolute Gasteiger partial charge is 0.193 e. The molecule has 4 nitrogen and oxygen atoms in total. The molecule has 0 unspecified atom stereocenters. The number of phenols is 2. The molecule has 4 heteroatoms. The second-order valence-electron chi connectivity index (χ2n) is 6.91. The second-order valence-corrected chi connectivity index (χ2v) is 6.91. The van der Waals surface area contributed by atoms with Crippen LogP contribution < -0.4 is 0 Å². The van der Waals surface area contributed by atoms with Gasteiger partial charge in [-0.15, -0.1) is 0 Å². The first kappa shape index (κ1) is 19.2. The summed E-state index contributed by atoms with van der Waals surface area (Å²) >= 11 is 0. The molecule has 2 N–H and O–H groups in total. The van der Waals surface area contributed by atoms with Crippen molar-refractivity contribution in [3.63, 3.8) is 0 Å². The van der Waals surface area contributed by atoms with E-state index in [0.29, 0.717) is 22.3 Å². The lowest BCUT2D eigenvalue weighted by molar-refractivity contribution is 0.103. The van der Waals surface area contributed by atoms with Crippen molar-refractivity contribution in [1.82, 2.24) is 0 Å². The molecule has 30 heavy (non-hydrogen) atoms. The Labute approximate surface area is 173 Å². The number of hydrogen-bond acceptors (Lipinski definition) is 4. The van der Waals surface area contributed by atoms with Gasteiger partial charge in [-0.2, -0.15) is 0 Å². The lowest BCUT2D eigenvalue weighted by atomic mass is 9.97. The molecular weight excluding hydrogens is 376 g/mol. The average Bonchev–Trinajstić information content (AvgIpc) is 2.79. The van der Waals surface area contributed by atoms with E-state index < -0.39 is 0 Å². The van der Waals surface area contributed by atoms with Gasteiger partial charge in [0.1, 0.15) is 11.5 Å². The summed E-state index contributed by atoms with van der Waals surface area (Å²) in [5, 5.41) is 18.7. The van der Waals surface area contributed by atoms with E-state index in [1.165, 1.54) is 24.3 Å². The zero-order chi connectivity index (χ0) is 21.1. The Morgan fingerprint density at radius 1 is 0.400 bits per heavy atom. The van der Waals surface area contributed by atoms with E-state index in [0.717, 1.165) is 11.1 Å². The Morgan fingerprint density at radius 2 is 0.633 bits per heavy atom. The van der Waals surface area contributed by atoms with Gasteiger partial charge >= 0.3 is 0 Å². The second kappa shape index (κ2) is 8.05. The van der Waals surface area contributed by atoms with Crippen LogP contribution in [0.2, 0.25) is 0 Å². The van der Waals surface area contributed by atoms with Gasteiger partial charge < -0.3 is 10.2 Å². The van der Waals surface area contributed by atoms with Crippen LogP contribution in [0.15, 0.2) is 97.1 Å². The summed E-state index contributed by atoms with van der Waals surface area (Å²) in [5.74, 6) is 0.0104. The first-order valence-corrected chi connectivity index (χ1v) is 9.39. The number of rotatable bonds is 5. The standard InChI is InChI=1S/C26H18O4/c27-23-13-9-21(10-14-23)25(29)19-5-1-17(2-6-19)18-3-7-20(8-4-18)26(30)22-11-15-24(28)16-12-22/h1-16,27-28H. The van der Waals surface area contributed by atoms with Crippen LogP contribution in [0.25, 0.3) is 11.1 Å². The molecule has 0 radical (unpaired) electrons. The van der Waals surface area contributed by atoms with E-state index in [4.69, 9.17) is 0 Å². The molecule has 0 fully saturated rings. The summed E-state index contributed by atoms with van der Waals surface area (Å²) in [6.45, 7) is 0. The van der Waals surface area contributed by atoms with E-state index in [2.05, 4.69) is 0 Å². The molecule has 0 saturated carbocycles. The number of ketones is 2. The molecule has 0 aliphatic rings. The highest BCUT2D eigenvalue weighted by Gasteiger charge is 2.11. The van der Waals surface area contributed by atoms with Gasteiger partial charge in [-0.25, -0.2) is 0 Å². The van der Waals surface area contributed by atoms with Crippen LogP contribution in [-0.2, 0) is 0 Å². The fourth-order valence-electron chi connectivity index (χ4n) is 3.19. The van der Waals surface area contributed by atoms with E-state index in [-0.39, 0.29) is 23.1 Å². The maximum absolute atomic E-state index is 12.5. The van der Waals surface area contributed by atoms with Crippen molar-refractivity contribution in [1.29, 1.82) is 0 Å². The van der Waals surface area contributed by atoms with Crippen LogP contribution in [-0.4, -0.2) is 21.8 Å². The Bertz CT molecular complexity index is 1090. The molecule has 0 bridgehead atoms. The topological polar surface area (TPSA) is 74.6 Å². The lowest BCUT2D eigenvalue weighted by Gasteiger charge is -2.06. The summed E-state index contributed by atoms with van der Waals surface area (Å²) < 4.78 is 0. The Morgan fingerprint density at radius 3 is 0.900 bits per heavy atom. The van der Waals surface area contributed by atoms with Crippen molar-refractivity contribution in [3.8, 4) is 22.6 Å². The van der Waals surface area contributed by atoms with Crippen molar-refractivity contribution in [2.75, 3.05) is 0 Å². The summed E-state index contributed by atoms with van der Waals surface area (Å²) in [6.07, 6.45) is 0. The minimum atomic E-state index is -0.114. The first-order chi connectivity index (χ1) is 14.5. The summed E-state index contributed by atoms with van der Waals surface area (Å²) in [5.41, 5.74) is 4.00. The van der Waals surface area contributed by atoms with E-state index in [1.807, 2.05) is 24.3 Å². The summed E-state index contributed by atoms with van der Waals surface area (Å²) in [7, 11) is 0. The van der Waals surface area contributed by atoms with Gasteiger partial charge in [-0.1, -0.05) is 48.5 Å². The Kier molecular flexibility index (Phi) is 5.14. The summed E-state index contributed by atoms with van der Waals surface area (Å²) in [4.78, 5) is 25.1. The van der Waals surface area contributed by atoms with Crippen molar-refractivity contribution >= 4 is 11.6 Å². The quantitative estimate of drug-likeness (QED) is 0.455. The molecule has 0 aliphatic heterocycles. The monoisotopic (exact) mass is 394 g/mol. The third-order valence-corrected chi connectivity index (χ3v) is 4.89. The molecule has 0 saturated heterocycles. The number of carbonyl (C=O) groups is 2.